The first-order valence-electron chi connectivity index (χ1n) is 4.73. The molecule has 1 aromatic heterocycles. The Balaban J connectivity index is 2.31. The minimum Gasteiger partial charge on any atom is -0.336 e. The molecule has 1 aromatic carbocycles. The van der Waals surface area contributed by atoms with Gasteiger partial charge in [0.25, 0.3) is 0 Å². The number of carbonyl (C=O) groups excluding carboxylic acids is 1. The number of nitrogens with one attached hydrogen (secondary N) is 1. The second-order valence-electron chi connectivity index (χ2n) is 3.17. The predicted molar refractivity (Wildman–Crippen MR) is 61.5 cm³/mol. The van der Waals surface area contributed by atoms with Crippen LogP contribution in [0.4, 0.5) is 4.79 Å². The van der Waals surface area contributed by atoms with Crippen molar-refractivity contribution in [2.24, 2.45) is 0 Å². The Kier molecular flexibility index (Phi) is 2.92. The molecule has 15 heavy (non-hydrogen) atoms. The molecule has 4 heteroatoms. The smallest absolute Gasteiger partial charge is 0.326 e. The maximum absolute atomic E-state index is 11.7. The fourth-order valence-electron chi connectivity index (χ4n) is 1.50. The SMILES string of the molecule is O=C(NCCCl)n1ccc2ccccc21. The van der Waals surface area contributed by atoms with Crippen LogP contribution >= 0.6 is 11.6 Å². The van der Waals surface area contributed by atoms with Gasteiger partial charge in [0, 0.05) is 24.0 Å². The van der Waals surface area contributed by atoms with Crippen LogP contribution in [-0.4, -0.2) is 23.0 Å². The normalized spacial score (nSPS) is 10.5. The zero-order chi connectivity index (χ0) is 10.7. The highest BCUT2D eigenvalue weighted by molar-refractivity contribution is 6.18. The highest BCUT2D eigenvalue weighted by Crippen LogP contribution is 2.14. The standard InChI is InChI=1S/C11H11ClN2O/c12-6-7-13-11(15)14-8-5-9-3-1-2-4-10(9)14/h1-5,8H,6-7H2,(H,13,15). The average Bonchev–Trinajstić information content (AvgIpc) is 2.69. The molecule has 0 saturated carbocycles. The van der Waals surface area contributed by atoms with Gasteiger partial charge in [-0.15, -0.1) is 11.6 Å². The summed E-state index contributed by atoms with van der Waals surface area (Å²) >= 11 is 5.50. The van der Waals surface area contributed by atoms with Crippen molar-refractivity contribution >= 4 is 28.5 Å². The molecule has 0 aliphatic carbocycles. The van der Waals surface area contributed by atoms with Gasteiger partial charge < -0.3 is 5.32 Å². The first-order chi connectivity index (χ1) is 7.33. The van der Waals surface area contributed by atoms with Crippen molar-refractivity contribution in [3.8, 4) is 0 Å². The van der Waals surface area contributed by atoms with E-state index in [-0.39, 0.29) is 6.03 Å². The lowest BCUT2D eigenvalue weighted by Gasteiger charge is -2.04. The molecule has 0 aliphatic heterocycles. The van der Waals surface area contributed by atoms with E-state index in [1.807, 2.05) is 30.3 Å². The molecule has 2 rings (SSSR count). The van der Waals surface area contributed by atoms with Crippen molar-refractivity contribution in [2.45, 2.75) is 0 Å². The van der Waals surface area contributed by atoms with E-state index in [9.17, 15) is 4.79 Å². The third-order valence-corrected chi connectivity index (χ3v) is 2.38. The topological polar surface area (TPSA) is 34.0 Å². The number of para-hydroxylation sites is 1. The van der Waals surface area contributed by atoms with Gasteiger partial charge >= 0.3 is 6.03 Å². The predicted octanol–water partition coefficient (Wildman–Crippen LogP) is 2.44. The molecule has 1 N–H and O–H groups in total. The fourth-order valence-corrected chi connectivity index (χ4v) is 1.59. The number of carbonyl (C=O) groups is 1. The zero-order valence-electron chi connectivity index (χ0n) is 8.11. The molecule has 1 amide bonds. The molecule has 0 fully saturated rings. The molecular formula is C11H11ClN2O. The highest BCUT2D eigenvalue weighted by atomic mass is 35.5. The van der Waals surface area contributed by atoms with Crippen LogP contribution in [0.15, 0.2) is 36.5 Å². The Morgan fingerprint density at radius 3 is 2.93 bits per heavy atom. The van der Waals surface area contributed by atoms with E-state index in [0.717, 1.165) is 10.9 Å². The molecule has 0 radical (unpaired) electrons. The monoisotopic (exact) mass is 222 g/mol. The van der Waals surface area contributed by atoms with E-state index in [1.54, 1.807) is 10.8 Å². The van der Waals surface area contributed by atoms with E-state index in [4.69, 9.17) is 11.6 Å². The first-order valence-corrected chi connectivity index (χ1v) is 5.26. The summed E-state index contributed by atoms with van der Waals surface area (Å²) in [5.74, 6) is 0.422. The maximum Gasteiger partial charge on any atom is 0.326 e. The molecule has 3 nitrogen and oxygen atoms in total. The van der Waals surface area contributed by atoms with Crippen molar-refractivity contribution in [3.05, 3.63) is 36.5 Å². The van der Waals surface area contributed by atoms with Gasteiger partial charge in [-0.25, -0.2) is 4.79 Å². The zero-order valence-corrected chi connectivity index (χ0v) is 8.87. The van der Waals surface area contributed by atoms with Crippen LogP contribution in [0.25, 0.3) is 10.9 Å². The molecule has 78 valence electrons. The number of aromatic nitrogens is 1. The van der Waals surface area contributed by atoms with E-state index < -0.39 is 0 Å². The third kappa shape index (κ3) is 1.97. The van der Waals surface area contributed by atoms with E-state index in [1.165, 1.54) is 0 Å². The van der Waals surface area contributed by atoms with Crippen molar-refractivity contribution in [1.29, 1.82) is 0 Å². The second-order valence-corrected chi connectivity index (χ2v) is 3.54. The van der Waals surface area contributed by atoms with Crippen molar-refractivity contribution in [3.63, 3.8) is 0 Å². The lowest BCUT2D eigenvalue weighted by Crippen LogP contribution is -2.29. The molecule has 0 saturated heterocycles. The maximum atomic E-state index is 11.7. The van der Waals surface area contributed by atoms with Gasteiger partial charge in [-0.1, -0.05) is 18.2 Å². The third-order valence-electron chi connectivity index (χ3n) is 2.19. The summed E-state index contributed by atoms with van der Waals surface area (Å²) in [6.45, 7) is 0.479. The van der Waals surface area contributed by atoms with Crippen molar-refractivity contribution < 1.29 is 4.79 Å². The van der Waals surface area contributed by atoms with Gasteiger partial charge in [0.15, 0.2) is 0 Å². The second kappa shape index (κ2) is 4.36. The van der Waals surface area contributed by atoms with Gasteiger partial charge in [0.05, 0.1) is 5.52 Å². The Labute approximate surface area is 92.6 Å². The van der Waals surface area contributed by atoms with Crippen LogP contribution in [0.5, 0.6) is 0 Å². The summed E-state index contributed by atoms with van der Waals surface area (Å²) in [5.41, 5.74) is 0.907. The lowest BCUT2D eigenvalue weighted by molar-refractivity contribution is 0.244. The number of hydrogen-bond donors (Lipinski definition) is 1. The summed E-state index contributed by atoms with van der Waals surface area (Å²) in [6, 6.07) is 9.51. The summed E-state index contributed by atoms with van der Waals surface area (Å²) in [4.78, 5) is 11.7. The number of hydrogen-bond acceptors (Lipinski definition) is 1. The van der Waals surface area contributed by atoms with Crippen LogP contribution in [0.2, 0.25) is 0 Å². The number of alkyl halides is 1. The van der Waals surface area contributed by atoms with Gasteiger partial charge in [-0.2, -0.15) is 0 Å². The molecule has 0 aliphatic rings. The van der Waals surface area contributed by atoms with Gasteiger partial charge in [0.1, 0.15) is 0 Å². The summed E-state index contributed by atoms with van der Waals surface area (Å²) in [7, 11) is 0. The van der Waals surface area contributed by atoms with Crippen LogP contribution < -0.4 is 5.32 Å². The fraction of sp³-hybridized carbons (Fsp3) is 0.182. The lowest BCUT2D eigenvalue weighted by atomic mass is 10.2. The molecule has 0 bridgehead atoms. The Morgan fingerprint density at radius 2 is 2.13 bits per heavy atom. The van der Waals surface area contributed by atoms with Crippen LogP contribution in [0.1, 0.15) is 0 Å². The van der Waals surface area contributed by atoms with E-state index in [2.05, 4.69) is 5.32 Å². The largest absolute Gasteiger partial charge is 0.336 e. The van der Waals surface area contributed by atoms with Crippen molar-refractivity contribution in [1.82, 2.24) is 9.88 Å². The Morgan fingerprint density at radius 1 is 1.33 bits per heavy atom. The Hall–Kier alpha value is -1.48. The number of amides is 1. The molecule has 0 unspecified atom stereocenters. The van der Waals surface area contributed by atoms with E-state index >= 15 is 0 Å². The summed E-state index contributed by atoms with van der Waals surface area (Å²) in [6.07, 6.45) is 1.76. The van der Waals surface area contributed by atoms with E-state index in [0.29, 0.717) is 12.4 Å². The van der Waals surface area contributed by atoms with Gasteiger partial charge in [-0.3, -0.25) is 4.57 Å². The summed E-state index contributed by atoms with van der Waals surface area (Å²) in [5, 5.41) is 3.77. The van der Waals surface area contributed by atoms with Crippen molar-refractivity contribution in [2.75, 3.05) is 12.4 Å². The average molecular weight is 223 g/mol. The quantitative estimate of drug-likeness (QED) is 0.779. The molecule has 0 atom stereocenters. The number of halogens is 1. The van der Waals surface area contributed by atoms with Crippen LogP contribution in [0.3, 0.4) is 0 Å². The van der Waals surface area contributed by atoms with Crippen LogP contribution in [0, 0.1) is 0 Å². The minimum atomic E-state index is -0.142. The van der Waals surface area contributed by atoms with Crippen LogP contribution in [-0.2, 0) is 0 Å². The number of nitrogens with zero attached hydrogens (tertiary/aromatic N) is 1. The Bertz CT molecular complexity index is 478. The highest BCUT2D eigenvalue weighted by Gasteiger charge is 2.06. The van der Waals surface area contributed by atoms with Gasteiger partial charge in [0.2, 0.25) is 0 Å². The molecule has 0 spiro atoms. The molecule has 2 aromatic rings. The number of benzene rings is 1. The molecular weight excluding hydrogens is 212 g/mol. The van der Waals surface area contributed by atoms with Gasteiger partial charge in [-0.05, 0) is 12.1 Å². The number of fused-ring (bicyclic) bond motifs is 1. The molecule has 1 heterocycles. The first kappa shape index (κ1) is 10.1. The number of rotatable bonds is 2. The minimum absolute atomic E-state index is 0.142. The summed E-state index contributed by atoms with van der Waals surface area (Å²) < 4.78 is 1.59.